The van der Waals surface area contributed by atoms with Crippen molar-refractivity contribution >= 4 is 5.91 Å². The van der Waals surface area contributed by atoms with Gasteiger partial charge < -0.3 is 11.1 Å². The molecule has 0 saturated heterocycles. The van der Waals surface area contributed by atoms with Crippen molar-refractivity contribution in [1.82, 2.24) is 5.32 Å². The molecule has 0 saturated carbocycles. The lowest BCUT2D eigenvalue weighted by Crippen LogP contribution is -2.45. The Bertz CT molecular complexity index is 539. The smallest absolute Gasteiger partial charge is 0.254 e. The molecule has 3 nitrogen and oxygen atoms in total. The van der Waals surface area contributed by atoms with Gasteiger partial charge in [-0.15, -0.1) is 0 Å². The van der Waals surface area contributed by atoms with Crippen LogP contribution in [0.3, 0.4) is 0 Å². The fourth-order valence-electron chi connectivity index (χ4n) is 1.70. The molecule has 0 heterocycles. The van der Waals surface area contributed by atoms with E-state index in [9.17, 15) is 9.18 Å². The first-order chi connectivity index (χ1) is 9.45. The Hall–Kier alpha value is -1.86. The van der Waals surface area contributed by atoms with Crippen LogP contribution >= 0.6 is 0 Å². The van der Waals surface area contributed by atoms with Crippen LogP contribution in [-0.2, 0) is 0 Å². The van der Waals surface area contributed by atoms with E-state index in [1.165, 1.54) is 12.1 Å². The molecule has 0 fully saturated rings. The Balaban J connectivity index is 2.95. The molecule has 0 unspecified atom stereocenters. The summed E-state index contributed by atoms with van der Waals surface area (Å²) in [5.74, 6) is 4.42. The van der Waals surface area contributed by atoms with Crippen molar-refractivity contribution in [2.45, 2.75) is 39.2 Å². The highest BCUT2D eigenvalue weighted by Crippen LogP contribution is 2.16. The second-order valence-electron chi connectivity index (χ2n) is 4.92. The SMILES string of the molecule is CCC(C)(CC)NC(=O)c1ccc(C#CCN)cc1F. The molecule has 1 aromatic rings. The lowest BCUT2D eigenvalue weighted by Gasteiger charge is -2.28. The van der Waals surface area contributed by atoms with Gasteiger partial charge in [0.05, 0.1) is 12.1 Å². The van der Waals surface area contributed by atoms with Gasteiger partial charge in [-0.1, -0.05) is 25.7 Å². The molecule has 1 amide bonds. The predicted molar refractivity (Wildman–Crippen MR) is 78.8 cm³/mol. The van der Waals surface area contributed by atoms with Crippen LogP contribution in [-0.4, -0.2) is 18.0 Å². The minimum atomic E-state index is -0.569. The number of hydrogen-bond acceptors (Lipinski definition) is 2. The summed E-state index contributed by atoms with van der Waals surface area (Å²) in [6.45, 7) is 6.15. The number of benzene rings is 1. The summed E-state index contributed by atoms with van der Waals surface area (Å²) in [4.78, 5) is 12.1. The number of amides is 1. The summed E-state index contributed by atoms with van der Waals surface area (Å²) < 4.78 is 14.0. The van der Waals surface area contributed by atoms with Crippen LogP contribution < -0.4 is 11.1 Å². The summed E-state index contributed by atoms with van der Waals surface area (Å²) in [5.41, 5.74) is 5.49. The van der Waals surface area contributed by atoms with Gasteiger partial charge in [0.2, 0.25) is 0 Å². The van der Waals surface area contributed by atoms with Crippen LogP contribution in [0.1, 0.15) is 49.5 Å². The van der Waals surface area contributed by atoms with Gasteiger partial charge in [0.15, 0.2) is 0 Å². The minimum absolute atomic E-state index is 0.0384. The summed E-state index contributed by atoms with van der Waals surface area (Å²) in [7, 11) is 0. The van der Waals surface area contributed by atoms with E-state index in [1.54, 1.807) is 6.07 Å². The molecule has 1 rings (SSSR count). The van der Waals surface area contributed by atoms with Gasteiger partial charge in [0.25, 0.3) is 5.91 Å². The number of hydrogen-bond donors (Lipinski definition) is 2. The van der Waals surface area contributed by atoms with E-state index in [0.717, 1.165) is 12.8 Å². The topological polar surface area (TPSA) is 55.1 Å². The van der Waals surface area contributed by atoms with Gasteiger partial charge in [0.1, 0.15) is 5.82 Å². The van der Waals surface area contributed by atoms with Gasteiger partial charge in [-0.25, -0.2) is 4.39 Å². The minimum Gasteiger partial charge on any atom is -0.347 e. The van der Waals surface area contributed by atoms with Gasteiger partial charge >= 0.3 is 0 Å². The first-order valence-electron chi connectivity index (χ1n) is 6.76. The second-order valence-corrected chi connectivity index (χ2v) is 4.92. The molecule has 1 aromatic carbocycles. The number of halogens is 1. The average Bonchev–Trinajstić information content (AvgIpc) is 2.44. The third kappa shape index (κ3) is 4.07. The largest absolute Gasteiger partial charge is 0.347 e. The van der Waals surface area contributed by atoms with Gasteiger partial charge in [-0.3, -0.25) is 4.79 Å². The van der Waals surface area contributed by atoms with Crippen LogP contribution in [0.5, 0.6) is 0 Å². The van der Waals surface area contributed by atoms with E-state index in [1.807, 2.05) is 20.8 Å². The van der Waals surface area contributed by atoms with Crippen LogP contribution in [0.25, 0.3) is 0 Å². The third-order valence-corrected chi connectivity index (χ3v) is 3.52. The molecule has 0 aromatic heterocycles. The summed E-state index contributed by atoms with van der Waals surface area (Å²) in [5, 5.41) is 2.88. The summed E-state index contributed by atoms with van der Waals surface area (Å²) >= 11 is 0. The van der Waals surface area contributed by atoms with Crippen LogP contribution in [0.15, 0.2) is 18.2 Å². The number of carbonyl (C=O) groups is 1. The Labute approximate surface area is 119 Å². The fraction of sp³-hybridized carbons (Fsp3) is 0.438. The average molecular weight is 276 g/mol. The lowest BCUT2D eigenvalue weighted by molar-refractivity contribution is 0.0897. The van der Waals surface area contributed by atoms with Crippen molar-refractivity contribution < 1.29 is 9.18 Å². The summed E-state index contributed by atoms with van der Waals surface area (Å²) in [6, 6.07) is 4.33. The highest BCUT2D eigenvalue weighted by molar-refractivity contribution is 5.95. The molecule has 3 N–H and O–H groups in total. The molecule has 0 spiro atoms. The van der Waals surface area contributed by atoms with E-state index in [4.69, 9.17) is 5.73 Å². The maximum absolute atomic E-state index is 14.0. The van der Waals surface area contributed by atoms with Crippen molar-refractivity contribution in [3.05, 3.63) is 35.1 Å². The highest BCUT2D eigenvalue weighted by Gasteiger charge is 2.23. The Morgan fingerprint density at radius 3 is 2.55 bits per heavy atom. The fourth-order valence-corrected chi connectivity index (χ4v) is 1.70. The molecule has 0 radical (unpaired) electrons. The molecule has 108 valence electrons. The third-order valence-electron chi connectivity index (χ3n) is 3.52. The van der Waals surface area contributed by atoms with Crippen molar-refractivity contribution in [3.63, 3.8) is 0 Å². The van der Waals surface area contributed by atoms with Gasteiger partial charge in [-0.05, 0) is 38.0 Å². The van der Waals surface area contributed by atoms with Crippen LogP contribution in [0.2, 0.25) is 0 Å². The van der Waals surface area contributed by atoms with Crippen molar-refractivity contribution in [3.8, 4) is 11.8 Å². The molecular formula is C16H21FN2O. The number of carbonyl (C=O) groups excluding carboxylic acids is 1. The number of nitrogens with two attached hydrogens (primary N) is 1. The molecule has 0 aliphatic rings. The van der Waals surface area contributed by atoms with E-state index >= 15 is 0 Å². The quantitative estimate of drug-likeness (QED) is 0.830. The Morgan fingerprint density at radius 2 is 2.05 bits per heavy atom. The summed E-state index contributed by atoms with van der Waals surface area (Å²) in [6.07, 6.45) is 1.58. The van der Waals surface area contributed by atoms with Gasteiger partial charge in [-0.2, -0.15) is 0 Å². The molecule has 0 bridgehead atoms. The predicted octanol–water partition coefficient (Wildman–Crippen LogP) is 2.44. The maximum Gasteiger partial charge on any atom is 0.254 e. The number of rotatable bonds is 4. The van der Waals surface area contributed by atoms with Crippen molar-refractivity contribution in [2.75, 3.05) is 6.54 Å². The molecular weight excluding hydrogens is 255 g/mol. The molecule has 0 atom stereocenters. The number of nitrogens with one attached hydrogen (secondary N) is 1. The first-order valence-corrected chi connectivity index (χ1v) is 6.76. The van der Waals surface area contributed by atoms with Crippen LogP contribution in [0.4, 0.5) is 4.39 Å². The normalized spacial score (nSPS) is 10.7. The van der Waals surface area contributed by atoms with E-state index < -0.39 is 11.7 Å². The zero-order valence-electron chi connectivity index (χ0n) is 12.2. The highest BCUT2D eigenvalue weighted by atomic mass is 19.1. The van der Waals surface area contributed by atoms with Crippen molar-refractivity contribution in [1.29, 1.82) is 0 Å². The van der Waals surface area contributed by atoms with Gasteiger partial charge in [0, 0.05) is 11.1 Å². The van der Waals surface area contributed by atoms with E-state index in [-0.39, 0.29) is 17.6 Å². The molecule has 4 heteroatoms. The zero-order valence-corrected chi connectivity index (χ0v) is 12.2. The molecule has 0 aliphatic carbocycles. The molecule has 20 heavy (non-hydrogen) atoms. The first kappa shape index (κ1) is 16.2. The standard InChI is InChI=1S/C16H21FN2O/c1-4-16(3,5-2)19-15(20)13-9-8-12(7-6-10-18)11-14(13)17/h8-9,11H,4-5,10,18H2,1-3H3,(H,19,20). The van der Waals surface area contributed by atoms with Crippen LogP contribution in [0, 0.1) is 17.7 Å². The maximum atomic E-state index is 14.0. The van der Waals surface area contributed by atoms with E-state index in [0.29, 0.717) is 5.56 Å². The van der Waals surface area contributed by atoms with Crippen molar-refractivity contribution in [2.24, 2.45) is 5.73 Å². The Kier molecular flexibility index (Phi) is 5.72. The lowest BCUT2D eigenvalue weighted by atomic mass is 9.95. The zero-order chi connectivity index (χ0) is 15.2. The second kappa shape index (κ2) is 7.06. The van der Waals surface area contributed by atoms with E-state index in [2.05, 4.69) is 17.2 Å². The monoisotopic (exact) mass is 276 g/mol. The Morgan fingerprint density at radius 1 is 1.40 bits per heavy atom. The molecule has 0 aliphatic heterocycles.